The van der Waals surface area contributed by atoms with Crippen molar-refractivity contribution in [3.8, 4) is 5.75 Å². The number of ether oxygens (including phenoxy) is 1. The van der Waals surface area contributed by atoms with Gasteiger partial charge in [0.25, 0.3) is 0 Å². The molecular formula is C16H27N3O2. The van der Waals surface area contributed by atoms with Crippen LogP contribution >= 0.6 is 0 Å². The van der Waals surface area contributed by atoms with Crippen molar-refractivity contribution in [2.45, 2.75) is 27.7 Å². The molecule has 0 saturated heterocycles. The topological polar surface area (TPSA) is 79.9 Å². The Bertz CT molecular complexity index is 450. The van der Waals surface area contributed by atoms with E-state index in [-0.39, 0.29) is 5.84 Å². The third kappa shape index (κ3) is 6.04. The van der Waals surface area contributed by atoms with Crippen LogP contribution in [0.3, 0.4) is 0 Å². The molecule has 0 amide bonds. The fourth-order valence-corrected chi connectivity index (χ4v) is 1.65. The number of nitrogens with zero attached hydrogens (tertiary/aromatic N) is 1. The predicted octanol–water partition coefficient (Wildman–Crippen LogP) is 2.43. The number of nitrogens with one attached hydrogen (secondary N) is 1. The first kappa shape index (κ1) is 17.3. The average molecular weight is 293 g/mol. The van der Waals surface area contributed by atoms with E-state index < -0.39 is 0 Å². The van der Waals surface area contributed by atoms with Crippen molar-refractivity contribution < 1.29 is 9.94 Å². The lowest BCUT2D eigenvalue weighted by Gasteiger charge is -2.27. The van der Waals surface area contributed by atoms with Gasteiger partial charge in [0.2, 0.25) is 0 Å². The maximum atomic E-state index is 8.58. The molecule has 0 spiro atoms. The van der Waals surface area contributed by atoms with Gasteiger partial charge >= 0.3 is 0 Å². The van der Waals surface area contributed by atoms with E-state index in [4.69, 9.17) is 15.7 Å². The number of nitrogens with two attached hydrogens (primary N) is 1. The number of rotatable bonds is 7. The van der Waals surface area contributed by atoms with Crippen LogP contribution < -0.4 is 15.8 Å². The second-order valence-electron chi connectivity index (χ2n) is 6.33. The van der Waals surface area contributed by atoms with E-state index in [0.29, 0.717) is 23.5 Å². The van der Waals surface area contributed by atoms with E-state index in [1.54, 1.807) is 12.1 Å². The fourth-order valence-electron chi connectivity index (χ4n) is 1.65. The van der Waals surface area contributed by atoms with Crippen LogP contribution in [0.2, 0.25) is 0 Å². The van der Waals surface area contributed by atoms with E-state index >= 15 is 0 Å². The molecule has 0 aliphatic heterocycles. The summed E-state index contributed by atoms with van der Waals surface area (Å²) in [7, 11) is 0. The maximum absolute atomic E-state index is 8.58. The highest BCUT2D eigenvalue weighted by atomic mass is 16.5. The van der Waals surface area contributed by atoms with Gasteiger partial charge in [-0.3, -0.25) is 0 Å². The molecule has 1 unspecified atom stereocenters. The molecule has 5 heteroatoms. The first-order valence-electron chi connectivity index (χ1n) is 7.26. The van der Waals surface area contributed by atoms with Crippen LogP contribution in [0.1, 0.15) is 33.3 Å². The molecule has 1 aromatic rings. The Hall–Kier alpha value is -1.75. The molecule has 0 fully saturated rings. The highest BCUT2D eigenvalue weighted by molar-refractivity contribution is 5.97. The minimum atomic E-state index is 0.0967. The molecule has 118 valence electrons. The SMILES string of the molecule is CC(CNCCOc1ccc(/C(N)=N/O)cc1)C(C)(C)C. The summed E-state index contributed by atoms with van der Waals surface area (Å²) in [5.41, 5.74) is 6.48. The van der Waals surface area contributed by atoms with Crippen LogP contribution in [-0.2, 0) is 0 Å². The summed E-state index contributed by atoms with van der Waals surface area (Å²) in [6, 6.07) is 7.15. The molecular weight excluding hydrogens is 266 g/mol. The lowest BCUT2D eigenvalue weighted by molar-refractivity contribution is 0.243. The van der Waals surface area contributed by atoms with Gasteiger partial charge < -0.3 is 21.0 Å². The standard InChI is InChI=1S/C16H27N3O2/c1-12(16(2,3)4)11-18-9-10-21-14-7-5-13(6-8-14)15(17)19-20/h5-8,12,18,20H,9-11H2,1-4H3,(H2,17,19). The van der Waals surface area contributed by atoms with Gasteiger partial charge in [0.15, 0.2) is 5.84 Å². The number of amidine groups is 1. The molecule has 21 heavy (non-hydrogen) atoms. The van der Waals surface area contributed by atoms with Crippen LogP contribution in [0.4, 0.5) is 0 Å². The van der Waals surface area contributed by atoms with E-state index in [2.05, 4.69) is 38.2 Å². The Balaban J connectivity index is 2.27. The van der Waals surface area contributed by atoms with Crippen LogP contribution in [-0.4, -0.2) is 30.7 Å². The minimum absolute atomic E-state index is 0.0967. The summed E-state index contributed by atoms with van der Waals surface area (Å²) in [5, 5.41) is 14.9. The average Bonchev–Trinajstić information content (AvgIpc) is 2.45. The highest BCUT2D eigenvalue weighted by Gasteiger charge is 2.18. The van der Waals surface area contributed by atoms with Gasteiger partial charge in [-0.05, 0) is 42.1 Å². The van der Waals surface area contributed by atoms with Gasteiger partial charge in [-0.15, -0.1) is 0 Å². The number of hydrogen-bond acceptors (Lipinski definition) is 4. The summed E-state index contributed by atoms with van der Waals surface area (Å²) < 4.78 is 5.64. The van der Waals surface area contributed by atoms with Crippen LogP contribution in [0.5, 0.6) is 5.75 Å². The predicted molar refractivity (Wildman–Crippen MR) is 85.9 cm³/mol. The molecule has 0 aromatic heterocycles. The Labute approximate surface area is 127 Å². The monoisotopic (exact) mass is 293 g/mol. The zero-order valence-corrected chi connectivity index (χ0v) is 13.4. The van der Waals surface area contributed by atoms with Gasteiger partial charge in [0, 0.05) is 12.1 Å². The van der Waals surface area contributed by atoms with Crippen molar-refractivity contribution in [2.75, 3.05) is 19.7 Å². The summed E-state index contributed by atoms with van der Waals surface area (Å²) in [6.07, 6.45) is 0. The Kier molecular flexibility index (Phi) is 6.49. The van der Waals surface area contributed by atoms with E-state index in [1.165, 1.54) is 0 Å². The molecule has 0 bridgehead atoms. The van der Waals surface area contributed by atoms with E-state index in [0.717, 1.165) is 18.8 Å². The third-order valence-electron chi connectivity index (χ3n) is 3.73. The normalized spacial score (nSPS) is 14.0. The second kappa shape index (κ2) is 7.88. The van der Waals surface area contributed by atoms with Crippen molar-refractivity contribution in [2.24, 2.45) is 22.2 Å². The molecule has 0 radical (unpaired) electrons. The lowest BCUT2D eigenvalue weighted by atomic mass is 9.82. The minimum Gasteiger partial charge on any atom is -0.492 e. The lowest BCUT2D eigenvalue weighted by Crippen LogP contribution is -2.32. The first-order valence-corrected chi connectivity index (χ1v) is 7.26. The fraction of sp³-hybridized carbons (Fsp3) is 0.562. The Morgan fingerprint density at radius 3 is 2.48 bits per heavy atom. The van der Waals surface area contributed by atoms with Gasteiger partial charge in [0.05, 0.1) is 0 Å². The van der Waals surface area contributed by atoms with Crippen molar-refractivity contribution >= 4 is 5.84 Å². The Morgan fingerprint density at radius 2 is 1.95 bits per heavy atom. The number of benzene rings is 1. The first-order chi connectivity index (χ1) is 9.84. The number of hydrogen-bond donors (Lipinski definition) is 3. The van der Waals surface area contributed by atoms with Crippen molar-refractivity contribution in [3.05, 3.63) is 29.8 Å². The largest absolute Gasteiger partial charge is 0.492 e. The van der Waals surface area contributed by atoms with Crippen LogP contribution in [0.15, 0.2) is 29.4 Å². The van der Waals surface area contributed by atoms with Crippen molar-refractivity contribution in [1.82, 2.24) is 5.32 Å². The van der Waals surface area contributed by atoms with Gasteiger partial charge in [-0.2, -0.15) is 0 Å². The molecule has 0 heterocycles. The zero-order valence-electron chi connectivity index (χ0n) is 13.4. The van der Waals surface area contributed by atoms with Gasteiger partial charge in [-0.25, -0.2) is 0 Å². The summed E-state index contributed by atoms with van der Waals surface area (Å²) in [4.78, 5) is 0. The van der Waals surface area contributed by atoms with Gasteiger partial charge in [0.1, 0.15) is 12.4 Å². The van der Waals surface area contributed by atoms with Crippen LogP contribution in [0.25, 0.3) is 0 Å². The van der Waals surface area contributed by atoms with Crippen molar-refractivity contribution in [3.63, 3.8) is 0 Å². The summed E-state index contributed by atoms with van der Waals surface area (Å²) in [5.74, 6) is 1.48. The highest BCUT2D eigenvalue weighted by Crippen LogP contribution is 2.24. The Morgan fingerprint density at radius 1 is 1.33 bits per heavy atom. The molecule has 4 N–H and O–H groups in total. The molecule has 0 aliphatic rings. The maximum Gasteiger partial charge on any atom is 0.170 e. The third-order valence-corrected chi connectivity index (χ3v) is 3.73. The van der Waals surface area contributed by atoms with E-state index in [1.807, 2.05) is 12.1 Å². The summed E-state index contributed by atoms with van der Waals surface area (Å²) in [6.45, 7) is 11.4. The van der Waals surface area contributed by atoms with E-state index in [9.17, 15) is 0 Å². The molecule has 5 nitrogen and oxygen atoms in total. The van der Waals surface area contributed by atoms with Crippen LogP contribution in [0, 0.1) is 11.3 Å². The molecule has 0 saturated carbocycles. The molecule has 1 aromatic carbocycles. The number of oxime groups is 1. The molecule has 1 rings (SSSR count). The molecule has 1 atom stereocenters. The van der Waals surface area contributed by atoms with Crippen molar-refractivity contribution in [1.29, 1.82) is 0 Å². The van der Waals surface area contributed by atoms with Gasteiger partial charge in [-0.1, -0.05) is 32.9 Å². The summed E-state index contributed by atoms with van der Waals surface area (Å²) >= 11 is 0. The zero-order chi connectivity index (χ0) is 15.9. The second-order valence-corrected chi connectivity index (χ2v) is 6.33. The smallest absolute Gasteiger partial charge is 0.170 e. The molecule has 0 aliphatic carbocycles. The quantitative estimate of drug-likeness (QED) is 0.237.